The quantitative estimate of drug-likeness (QED) is 0.681. The molecule has 0 amide bonds. The van der Waals surface area contributed by atoms with Gasteiger partial charge in [-0.1, -0.05) is 6.08 Å². The van der Waals surface area contributed by atoms with Crippen LogP contribution in [0, 0.1) is 0 Å². The second kappa shape index (κ2) is 5.07. The van der Waals surface area contributed by atoms with Crippen molar-refractivity contribution in [2.75, 3.05) is 14.2 Å². The highest BCUT2D eigenvalue weighted by Crippen LogP contribution is 2.22. The van der Waals surface area contributed by atoms with E-state index in [-0.39, 0.29) is 0 Å². The molecular formula is C11H11O3. The molecule has 3 nitrogen and oxygen atoms in total. The molecule has 0 aromatic heterocycles. The largest absolute Gasteiger partial charge is 0.497 e. The predicted molar refractivity (Wildman–Crippen MR) is 54.3 cm³/mol. The molecule has 1 radical (unpaired) electrons. The van der Waals surface area contributed by atoms with Crippen molar-refractivity contribution in [1.29, 1.82) is 0 Å². The molecule has 0 atom stereocenters. The molecule has 0 unspecified atom stereocenters. The number of benzene rings is 1. The molecule has 14 heavy (non-hydrogen) atoms. The first-order valence-electron chi connectivity index (χ1n) is 4.07. The second-order valence-electron chi connectivity index (χ2n) is 2.60. The van der Waals surface area contributed by atoms with Gasteiger partial charge in [0.05, 0.1) is 14.2 Å². The average Bonchev–Trinajstić information content (AvgIpc) is 2.25. The van der Waals surface area contributed by atoms with Crippen LogP contribution in [0.3, 0.4) is 0 Å². The molecule has 0 bridgehead atoms. The third kappa shape index (κ3) is 2.62. The number of carbonyl (C=O) groups excluding carboxylic acids is 1. The Morgan fingerprint density at radius 3 is 2.14 bits per heavy atom. The van der Waals surface area contributed by atoms with Gasteiger partial charge in [0.1, 0.15) is 11.5 Å². The Hall–Kier alpha value is -1.77. The molecule has 0 N–H and O–H groups in total. The van der Waals surface area contributed by atoms with Gasteiger partial charge in [0.25, 0.3) is 0 Å². The van der Waals surface area contributed by atoms with E-state index < -0.39 is 0 Å². The molecule has 0 aliphatic rings. The van der Waals surface area contributed by atoms with Crippen molar-refractivity contribution in [3.63, 3.8) is 0 Å². The average molecular weight is 191 g/mol. The highest BCUT2D eigenvalue weighted by Gasteiger charge is 1.98. The predicted octanol–water partition coefficient (Wildman–Crippen LogP) is 1.83. The molecule has 3 heteroatoms. The molecule has 0 saturated heterocycles. The zero-order valence-corrected chi connectivity index (χ0v) is 8.11. The van der Waals surface area contributed by atoms with Crippen LogP contribution in [-0.4, -0.2) is 20.5 Å². The normalized spacial score (nSPS) is 10.1. The Morgan fingerprint density at radius 2 is 1.71 bits per heavy atom. The number of ether oxygens (including phenoxy) is 2. The maximum Gasteiger partial charge on any atom is 0.225 e. The highest BCUT2D eigenvalue weighted by molar-refractivity contribution is 5.75. The van der Waals surface area contributed by atoms with Crippen molar-refractivity contribution in [3.05, 3.63) is 29.8 Å². The molecule has 1 aromatic carbocycles. The van der Waals surface area contributed by atoms with E-state index in [4.69, 9.17) is 9.47 Å². The smallest absolute Gasteiger partial charge is 0.225 e. The van der Waals surface area contributed by atoms with E-state index in [0.717, 1.165) is 5.56 Å². The van der Waals surface area contributed by atoms with Gasteiger partial charge in [-0.05, 0) is 23.8 Å². The molecule has 0 fully saturated rings. The van der Waals surface area contributed by atoms with Gasteiger partial charge in [-0.3, -0.25) is 4.79 Å². The topological polar surface area (TPSA) is 35.5 Å². The maximum absolute atomic E-state index is 10.0. The molecule has 0 saturated carbocycles. The lowest BCUT2D eigenvalue weighted by Gasteiger charge is -2.05. The summed E-state index contributed by atoms with van der Waals surface area (Å²) in [5.74, 6) is 1.38. The van der Waals surface area contributed by atoms with Crippen molar-refractivity contribution in [2.45, 2.75) is 0 Å². The molecule has 0 spiro atoms. The Balaban J connectivity index is 3.03. The Kier molecular flexibility index (Phi) is 3.73. The number of hydrogen-bond donors (Lipinski definition) is 0. The Labute approximate surface area is 83.0 Å². The zero-order chi connectivity index (χ0) is 10.4. The van der Waals surface area contributed by atoms with Crippen LogP contribution in [0.4, 0.5) is 0 Å². The summed E-state index contributed by atoms with van der Waals surface area (Å²) in [5.41, 5.74) is 0.838. The summed E-state index contributed by atoms with van der Waals surface area (Å²) in [4.78, 5) is 10.0. The molecule has 73 valence electrons. The monoisotopic (exact) mass is 191 g/mol. The third-order valence-electron chi connectivity index (χ3n) is 1.72. The lowest BCUT2D eigenvalue weighted by atomic mass is 10.2. The van der Waals surface area contributed by atoms with Gasteiger partial charge in [-0.15, -0.1) is 0 Å². The van der Waals surface area contributed by atoms with E-state index in [1.807, 2.05) is 0 Å². The van der Waals surface area contributed by atoms with E-state index in [0.29, 0.717) is 11.5 Å². The van der Waals surface area contributed by atoms with Gasteiger partial charge in [0.2, 0.25) is 6.29 Å². The fourth-order valence-electron chi connectivity index (χ4n) is 1.06. The van der Waals surface area contributed by atoms with Crippen molar-refractivity contribution in [3.8, 4) is 11.5 Å². The van der Waals surface area contributed by atoms with E-state index in [1.54, 1.807) is 44.8 Å². The molecule has 1 aromatic rings. The number of allylic oxidation sites excluding steroid dienone is 1. The van der Waals surface area contributed by atoms with Gasteiger partial charge in [-0.2, -0.15) is 0 Å². The summed E-state index contributed by atoms with van der Waals surface area (Å²) in [7, 11) is 3.15. The van der Waals surface area contributed by atoms with Crippen LogP contribution in [0.1, 0.15) is 5.56 Å². The lowest BCUT2D eigenvalue weighted by molar-refractivity contribution is 0.394. The van der Waals surface area contributed by atoms with Gasteiger partial charge in [-0.25, -0.2) is 0 Å². The standard InChI is InChI=1S/C11H11O3/c1-13-10-6-9(4-3-5-12)7-11(8-10)14-2/h3-4,6-8H,1-2H3. The van der Waals surface area contributed by atoms with Crippen LogP contribution in [0.5, 0.6) is 11.5 Å². The molecule has 1 rings (SSSR count). The van der Waals surface area contributed by atoms with Gasteiger partial charge in [0.15, 0.2) is 0 Å². The highest BCUT2D eigenvalue weighted by atomic mass is 16.5. The second-order valence-corrected chi connectivity index (χ2v) is 2.60. The van der Waals surface area contributed by atoms with Crippen molar-refractivity contribution in [1.82, 2.24) is 0 Å². The summed E-state index contributed by atoms with van der Waals surface area (Å²) in [5, 5.41) is 0. The number of hydrogen-bond acceptors (Lipinski definition) is 3. The Bertz CT molecular complexity index is 320. The molecule has 0 heterocycles. The van der Waals surface area contributed by atoms with Gasteiger partial charge in [0, 0.05) is 6.07 Å². The molecular weight excluding hydrogens is 180 g/mol. The van der Waals surface area contributed by atoms with E-state index in [2.05, 4.69) is 0 Å². The van der Waals surface area contributed by atoms with E-state index >= 15 is 0 Å². The van der Waals surface area contributed by atoms with Crippen LogP contribution in [0.25, 0.3) is 6.08 Å². The van der Waals surface area contributed by atoms with Crippen LogP contribution < -0.4 is 9.47 Å². The van der Waals surface area contributed by atoms with Crippen LogP contribution in [-0.2, 0) is 4.79 Å². The number of rotatable bonds is 4. The molecule has 0 aliphatic heterocycles. The summed E-state index contributed by atoms with van der Waals surface area (Å²) < 4.78 is 10.1. The van der Waals surface area contributed by atoms with E-state index in [9.17, 15) is 4.79 Å². The summed E-state index contributed by atoms with van der Waals surface area (Å²) in [6.07, 6.45) is 4.62. The van der Waals surface area contributed by atoms with Crippen LogP contribution >= 0.6 is 0 Å². The minimum Gasteiger partial charge on any atom is -0.497 e. The van der Waals surface area contributed by atoms with Crippen molar-refractivity contribution < 1.29 is 14.3 Å². The summed E-state index contributed by atoms with van der Waals surface area (Å²) in [6.45, 7) is 0. The van der Waals surface area contributed by atoms with Gasteiger partial charge >= 0.3 is 0 Å². The van der Waals surface area contributed by atoms with Gasteiger partial charge < -0.3 is 9.47 Å². The SMILES string of the molecule is COc1cc(C=C[C]=O)cc(OC)c1. The van der Waals surface area contributed by atoms with Crippen molar-refractivity contribution in [2.24, 2.45) is 0 Å². The molecule has 0 aliphatic carbocycles. The fourth-order valence-corrected chi connectivity index (χ4v) is 1.06. The maximum atomic E-state index is 10.0. The van der Waals surface area contributed by atoms with Crippen molar-refractivity contribution >= 4 is 12.4 Å². The fraction of sp³-hybridized carbons (Fsp3) is 0.182. The first-order chi connectivity index (χ1) is 6.80. The number of methoxy groups -OCH3 is 2. The first-order valence-corrected chi connectivity index (χ1v) is 4.07. The summed E-state index contributed by atoms with van der Waals surface area (Å²) >= 11 is 0. The zero-order valence-electron chi connectivity index (χ0n) is 8.11. The lowest BCUT2D eigenvalue weighted by Crippen LogP contribution is -1.88. The Morgan fingerprint density at radius 1 is 1.14 bits per heavy atom. The summed E-state index contributed by atoms with van der Waals surface area (Å²) in [6, 6.07) is 5.37. The first kappa shape index (κ1) is 10.3. The minimum atomic E-state index is 0.690. The third-order valence-corrected chi connectivity index (χ3v) is 1.72. The van der Waals surface area contributed by atoms with E-state index in [1.165, 1.54) is 6.08 Å². The van der Waals surface area contributed by atoms with Crippen LogP contribution in [0.2, 0.25) is 0 Å². The van der Waals surface area contributed by atoms with Crippen LogP contribution in [0.15, 0.2) is 24.3 Å². The minimum absolute atomic E-state index is 0.690.